The monoisotopic (exact) mass is 1260 g/mol. The lowest BCUT2D eigenvalue weighted by molar-refractivity contribution is -0.870. The van der Waals surface area contributed by atoms with Crippen LogP contribution in [0, 0.1) is 0 Å². The summed E-state index contributed by atoms with van der Waals surface area (Å²) in [5.41, 5.74) is 0. The van der Waals surface area contributed by atoms with Crippen LogP contribution in [-0.2, 0) is 27.9 Å². The van der Waals surface area contributed by atoms with Gasteiger partial charge < -0.3 is 19.4 Å². The second kappa shape index (κ2) is 68.1. The van der Waals surface area contributed by atoms with Crippen molar-refractivity contribution in [3.05, 3.63) is 36.5 Å². The first-order valence-electron chi connectivity index (χ1n) is 38.8. The van der Waals surface area contributed by atoms with Gasteiger partial charge in [-0.3, -0.25) is 18.6 Å². The highest BCUT2D eigenvalue weighted by molar-refractivity contribution is 7.47. The molecule has 88 heavy (non-hydrogen) atoms. The van der Waals surface area contributed by atoms with Crippen molar-refractivity contribution < 1.29 is 37.3 Å². The number of hydrogen-bond donors (Lipinski definition) is 2. The zero-order chi connectivity index (χ0) is 64.2. The average molecular weight is 1260 g/mol. The average Bonchev–Trinajstić information content (AvgIpc) is 3.66. The summed E-state index contributed by atoms with van der Waals surface area (Å²) in [6.07, 6.45) is 86.0. The maximum absolute atomic E-state index is 13.7. The molecule has 9 nitrogen and oxygen atoms in total. The van der Waals surface area contributed by atoms with Gasteiger partial charge in [0.2, 0.25) is 5.91 Å². The van der Waals surface area contributed by atoms with Crippen molar-refractivity contribution in [2.45, 2.75) is 412 Å². The molecule has 0 spiro atoms. The number of phosphoric ester groups is 1. The first-order chi connectivity index (χ1) is 42.9. The lowest BCUT2D eigenvalue weighted by Gasteiger charge is -2.27. The summed E-state index contributed by atoms with van der Waals surface area (Å²) in [7, 11) is 1.52. The fourth-order valence-corrected chi connectivity index (χ4v) is 12.6. The summed E-state index contributed by atoms with van der Waals surface area (Å²) in [6.45, 7) is 7.07. The maximum Gasteiger partial charge on any atom is 0.472 e. The fourth-order valence-electron chi connectivity index (χ4n) is 11.9. The molecule has 520 valence electrons. The number of carbonyl (C=O) groups is 2. The molecule has 3 unspecified atom stereocenters. The van der Waals surface area contributed by atoms with Gasteiger partial charge in [-0.2, -0.15) is 0 Å². The number of unbranched alkanes of at least 4 members (excludes halogenated alkanes) is 52. The van der Waals surface area contributed by atoms with Gasteiger partial charge in [-0.05, 0) is 63.9 Å². The van der Waals surface area contributed by atoms with Crippen LogP contribution in [0.25, 0.3) is 0 Å². The Morgan fingerprint density at radius 2 is 0.693 bits per heavy atom. The number of rotatable bonds is 72. The van der Waals surface area contributed by atoms with Gasteiger partial charge in [0.05, 0.1) is 33.8 Å². The molecule has 0 heterocycles. The summed E-state index contributed by atoms with van der Waals surface area (Å²) in [5.74, 6) is -0.479. The minimum Gasteiger partial charge on any atom is -0.456 e. The zero-order valence-corrected chi connectivity index (χ0v) is 60.6. The van der Waals surface area contributed by atoms with Gasteiger partial charge >= 0.3 is 13.8 Å². The van der Waals surface area contributed by atoms with Gasteiger partial charge in [-0.1, -0.05) is 359 Å². The maximum atomic E-state index is 13.7. The van der Waals surface area contributed by atoms with Crippen LogP contribution >= 0.6 is 7.82 Å². The van der Waals surface area contributed by atoms with Gasteiger partial charge in [0.25, 0.3) is 0 Å². The first-order valence-corrected chi connectivity index (χ1v) is 40.3. The van der Waals surface area contributed by atoms with Gasteiger partial charge in [0.15, 0.2) is 0 Å². The van der Waals surface area contributed by atoms with E-state index in [1.165, 1.54) is 302 Å². The van der Waals surface area contributed by atoms with Gasteiger partial charge in [-0.15, -0.1) is 0 Å². The molecule has 1 amide bonds. The molecule has 3 atom stereocenters. The van der Waals surface area contributed by atoms with Crippen molar-refractivity contribution in [3.63, 3.8) is 0 Å². The molecule has 0 aromatic rings. The van der Waals surface area contributed by atoms with Crippen LogP contribution < -0.4 is 5.32 Å². The Kier molecular flexibility index (Phi) is 66.7. The number of ether oxygens (including phenoxy) is 1. The van der Waals surface area contributed by atoms with E-state index < -0.39 is 20.0 Å². The minimum atomic E-state index is -4.45. The topological polar surface area (TPSA) is 111 Å². The van der Waals surface area contributed by atoms with Crippen LogP contribution in [0.1, 0.15) is 400 Å². The minimum absolute atomic E-state index is 0.0441. The molecule has 0 aromatic heterocycles. The van der Waals surface area contributed by atoms with Gasteiger partial charge in [0.1, 0.15) is 19.3 Å². The highest BCUT2D eigenvalue weighted by Gasteiger charge is 2.30. The number of hydrogen-bond acceptors (Lipinski definition) is 6. The van der Waals surface area contributed by atoms with E-state index in [0.717, 1.165) is 64.2 Å². The van der Waals surface area contributed by atoms with E-state index in [2.05, 4.69) is 56.5 Å². The van der Waals surface area contributed by atoms with Crippen LogP contribution in [-0.4, -0.2) is 74.3 Å². The van der Waals surface area contributed by atoms with E-state index in [0.29, 0.717) is 23.9 Å². The number of nitrogens with zero attached hydrogens (tertiary/aromatic N) is 1. The van der Waals surface area contributed by atoms with E-state index in [4.69, 9.17) is 13.8 Å². The normalized spacial score (nSPS) is 13.6. The third kappa shape index (κ3) is 68.6. The van der Waals surface area contributed by atoms with Crippen molar-refractivity contribution in [3.8, 4) is 0 Å². The Labute approximate surface area is 548 Å². The Hall–Kier alpha value is -1.77. The lowest BCUT2D eigenvalue weighted by Crippen LogP contribution is -2.47. The van der Waals surface area contributed by atoms with Crippen LogP contribution in [0.2, 0.25) is 0 Å². The summed E-state index contributed by atoms with van der Waals surface area (Å²) in [6, 6.07) is -0.845. The molecule has 0 saturated carbocycles. The Balaban J connectivity index is 4.91. The van der Waals surface area contributed by atoms with Crippen LogP contribution in [0.15, 0.2) is 36.5 Å². The van der Waals surface area contributed by atoms with Crippen LogP contribution in [0.5, 0.6) is 0 Å². The summed E-state index contributed by atoms with van der Waals surface area (Å²) in [5, 5.41) is 3.09. The molecule has 0 rings (SSSR count). The largest absolute Gasteiger partial charge is 0.472 e. The fraction of sp³-hybridized carbons (Fsp3) is 0.897. The number of amides is 1. The Bertz CT molecular complexity index is 1600. The number of carbonyl (C=O) groups excluding carboxylic acids is 2. The highest BCUT2D eigenvalue weighted by Crippen LogP contribution is 2.43. The molecule has 0 aliphatic heterocycles. The van der Waals surface area contributed by atoms with Crippen LogP contribution in [0.3, 0.4) is 0 Å². The molecule has 0 bridgehead atoms. The molecule has 0 saturated heterocycles. The van der Waals surface area contributed by atoms with Gasteiger partial charge in [-0.25, -0.2) is 4.57 Å². The molecule has 0 aromatic carbocycles. The van der Waals surface area contributed by atoms with Crippen molar-refractivity contribution in [1.82, 2.24) is 5.32 Å². The van der Waals surface area contributed by atoms with E-state index in [-0.39, 0.29) is 25.1 Å². The third-order valence-electron chi connectivity index (χ3n) is 17.8. The number of nitrogens with one attached hydrogen (secondary N) is 1. The van der Waals surface area contributed by atoms with Crippen LogP contribution in [0.4, 0.5) is 0 Å². The SMILES string of the molecule is CCCCC/C=C\C/C=C\CCCCCCCCCCCCCCCCCCCC(=O)NC(COP(=O)(O)OCC[N+](C)(C)C)C(/C=C/CCCCCCCCCCCC)OC(=O)CCCCCCCCCCCCCCCCCCCCCCCCC. The summed E-state index contributed by atoms with van der Waals surface area (Å²) < 4.78 is 30.9. The van der Waals surface area contributed by atoms with E-state index in [9.17, 15) is 19.0 Å². The smallest absolute Gasteiger partial charge is 0.456 e. The molecular weight excluding hydrogens is 1110 g/mol. The molecule has 10 heteroatoms. The zero-order valence-electron chi connectivity index (χ0n) is 59.8. The van der Waals surface area contributed by atoms with Crippen molar-refractivity contribution >= 4 is 19.7 Å². The number of quaternary nitrogens is 1. The predicted octanol–water partition coefficient (Wildman–Crippen LogP) is 25.0. The molecule has 0 fully saturated rings. The molecule has 0 aliphatic rings. The van der Waals surface area contributed by atoms with E-state index in [1.807, 2.05) is 27.2 Å². The Morgan fingerprint density at radius 1 is 0.398 bits per heavy atom. The quantitative estimate of drug-likeness (QED) is 0.0205. The highest BCUT2D eigenvalue weighted by atomic mass is 31.2. The second-order valence-electron chi connectivity index (χ2n) is 27.9. The third-order valence-corrected chi connectivity index (χ3v) is 18.8. The number of phosphoric acid groups is 1. The molecular formula is C78H152N2O7P+. The second-order valence-corrected chi connectivity index (χ2v) is 29.3. The number of likely N-dealkylation sites (N-methyl/N-ethyl adjacent to an activating group) is 1. The Morgan fingerprint density at radius 3 is 1.05 bits per heavy atom. The van der Waals surface area contributed by atoms with E-state index >= 15 is 0 Å². The lowest BCUT2D eigenvalue weighted by atomic mass is 10.0. The summed E-state index contributed by atoms with van der Waals surface area (Å²) in [4.78, 5) is 38.0. The van der Waals surface area contributed by atoms with Crippen molar-refractivity contribution in [2.24, 2.45) is 0 Å². The first kappa shape index (κ1) is 86.2. The van der Waals surface area contributed by atoms with Crippen molar-refractivity contribution in [1.29, 1.82) is 0 Å². The standard InChI is InChI=1S/C78H151N2O7P/c1-7-10-13-16-19-22-25-28-30-32-34-36-38-39-40-41-43-44-46-48-50-52-55-58-61-64-67-70-77(81)79-75(74-86-88(83,84)85-73-72-80(4,5)6)76(69-66-63-60-57-54-27-24-21-18-15-12-9-3)87-78(82)71-68-65-62-59-56-53-51-49-47-45-42-37-35-33-31-29-26-23-20-17-14-11-8-2/h19,22,28,30,66,69,75-76H,7-18,20-21,23-27,29,31-65,67-68,70-74H2,1-6H3,(H-,79,81,83,84)/p+1/b22-19-,30-28-,69-66+. The number of allylic oxidation sites excluding steroid dienone is 5. The molecule has 0 radical (unpaired) electrons. The molecule has 2 N–H and O–H groups in total. The number of esters is 1. The van der Waals surface area contributed by atoms with Gasteiger partial charge in [0, 0.05) is 12.8 Å². The van der Waals surface area contributed by atoms with Crippen molar-refractivity contribution in [2.75, 3.05) is 40.9 Å². The van der Waals surface area contributed by atoms with E-state index in [1.54, 1.807) is 0 Å². The summed E-state index contributed by atoms with van der Waals surface area (Å²) >= 11 is 0. The molecule has 0 aliphatic carbocycles. The predicted molar refractivity (Wildman–Crippen MR) is 383 cm³/mol.